The van der Waals surface area contributed by atoms with Gasteiger partial charge >= 0.3 is 0 Å². The molecule has 0 amide bonds. The van der Waals surface area contributed by atoms with Gasteiger partial charge in [0.2, 0.25) is 0 Å². The minimum atomic E-state index is -0.653. The quantitative estimate of drug-likeness (QED) is 0.723. The number of halogens is 2. The molecule has 0 radical (unpaired) electrons. The molecule has 0 aliphatic carbocycles. The molecule has 0 unspecified atom stereocenters. The highest BCUT2D eigenvalue weighted by atomic mass is 35.5. The fourth-order valence-electron chi connectivity index (χ4n) is 1.56. The second-order valence-electron chi connectivity index (χ2n) is 3.29. The molecule has 0 fully saturated rings. The SMILES string of the molecule is O[C@H]1CCCOc2c1ccc(Cl)c2F. The van der Waals surface area contributed by atoms with Gasteiger partial charge in [-0.1, -0.05) is 17.7 Å². The molecule has 1 atom stereocenters. The highest BCUT2D eigenvalue weighted by Crippen LogP contribution is 2.36. The fourth-order valence-corrected chi connectivity index (χ4v) is 1.71. The molecule has 2 nitrogen and oxygen atoms in total. The molecule has 1 N–H and O–H groups in total. The van der Waals surface area contributed by atoms with Crippen LogP contribution in [0.5, 0.6) is 5.75 Å². The summed E-state index contributed by atoms with van der Waals surface area (Å²) in [6.45, 7) is 0.418. The van der Waals surface area contributed by atoms with E-state index in [0.29, 0.717) is 25.0 Å². The van der Waals surface area contributed by atoms with E-state index in [9.17, 15) is 9.50 Å². The zero-order valence-electron chi connectivity index (χ0n) is 7.46. The van der Waals surface area contributed by atoms with Gasteiger partial charge in [0.25, 0.3) is 0 Å². The van der Waals surface area contributed by atoms with Gasteiger partial charge in [-0.15, -0.1) is 0 Å². The molecule has 1 aliphatic rings. The van der Waals surface area contributed by atoms with E-state index in [4.69, 9.17) is 16.3 Å². The first-order chi connectivity index (χ1) is 6.70. The van der Waals surface area contributed by atoms with Crippen molar-refractivity contribution in [3.8, 4) is 5.75 Å². The number of ether oxygens (including phenoxy) is 1. The van der Waals surface area contributed by atoms with Gasteiger partial charge in [0.05, 0.1) is 17.7 Å². The summed E-state index contributed by atoms with van der Waals surface area (Å²) in [6, 6.07) is 3.05. The molecule has 1 aliphatic heterocycles. The second kappa shape index (κ2) is 3.75. The van der Waals surface area contributed by atoms with E-state index in [0.717, 1.165) is 0 Å². The average Bonchev–Trinajstić information content (AvgIpc) is 2.35. The number of fused-ring (bicyclic) bond motifs is 1. The lowest BCUT2D eigenvalue weighted by atomic mass is 10.1. The Hall–Kier alpha value is -0.800. The Morgan fingerprint density at radius 1 is 1.50 bits per heavy atom. The van der Waals surface area contributed by atoms with Crippen molar-refractivity contribution in [3.63, 3.8) is 0 Å². The molecule has 2 rings (SSSR count). The molecule has 4 heteroatoms. The third kappa shape index (κ3) is 1.57. The average molecular weight is 217 g/mol. The van der Waals surface area contributed by atoms with Crippen LogP contribution in [-0.4, -0.2) is 11.7 Å². The molecule has 0 bridgehead atoms. The van der Waals surface area contributed by atoms with Gasteiger partial charge in [0, 0.05) is 5.56 Å². The summed E-state index contributed by atoms with van der Waals surface area (Å²) in [4.78, 5) is 0. The van der Waals surface area contributed by atoms with Crippen molar-refractivity contribution in [2.75, 3.05) is 6.61 Å². The van der Waals surface area contributed by atoms with E-state index in [1.807, 2.05) is 0 Å². The van der Waals surface area contributed by atoms with Crippen LogP contribution < -0.4 is 4.74 Å². The Kier molecular flexibility index (Phi) is 2.61. The summed E-state index contributed by atoms with van der Waals surface area (Å²) < 4.78 is 18.7. The van der Waals surface area contributed by atoms with Gasteiger partial charge in [0.1, 0.15) is 0 Å². The van der Waals surface area contributed by atoms with Crippen LogP contribution >= 0.6 is 11.6 Å². The number of aliphatic hydroxyl groups is 1. The molecule has 0 saturated heterocycles. The third-order valence-electron chi connectivity index (χ3n) is 2.31. The first kappa shape index (κ1) is 9.74. The maximum absolute atomic E-state index is 13.5. The van der Waals surface area contributed by atoms with E-state index in [-0.39, 0.29) is 10.8 Å². The Bertz CT molecular complexity index is 354. The van der Waals surface area contributed by atoms with Crippen LogP contribution in [0.4, 0.5) is 4.39 Å². The van der Waals surface area contributed by atoms with Crippen molar-refractivity contribution < 1.29 is 14.2 Å². The van der Waals surface area contributed by atoms with Crippen molar-refractivity contribution in [1.29, 1.82) is 0 Å². The summed E-state index contributed by atoms with van der Waals surface area (Å²) in [6.07, 6.45) is 0.653. The van der Waals surface area contributed by atoms with Crippen molar-refractivity contribution in [2.24, 2.45) is 0 Å². The van der Waals surface area contributed by atoms with Crippen LogP contribution in [0, 0.1) is 5.82 Å². The number of aliphatic hydroxyl groups excluding tert-OH is 1. The summed E-state index contributed by atoms with van der Waals surface area (Å²) in [5.74, 6) is -0.479. The highest BCUT2D eigenvalue weighted by Gasteiger charge is 2.22. The Morgan fingerprint density at radius 2 is 2.29 bits per heavy atom. The predicted molar refractivity (Wildman–Crippen MR) is 51.1 cm³/mol. The zero-order valence-corrected chi connectivity index (χ0v) is 8.22. The maximum atomic E-state index is 13.5. The lowest BCUT2D eigenvalue weighted by Gasteiger charge is -2.11. The lowest BCUT2D eigenvalue weighted by molar-refractivity contribution is 0.167. The van der Waals surface area contributed by atoms with E-state index in [1.54, 1.807) is 6.07 Å². The fraction of sp³-hybridized carbons (Fsp3) is 0.400. The predicted octanol–water partition coefficient (Wildman–Crippen LogP) is 2.69. The Balaban J connectivity index is 2.53. The van der Waals surface area contributed by atoms with E-state index < -0.39 is 11.9 Å². The Morgan fingerprint density at radius 3 is 3.07 bits per heavy atom. The van der Waals surface area contributed by atoms with Crippen LogP contribution in [0.25, 0.3) is 0 Å². The number of hydrogen-bond donors (Lipinski definition) is 1. The minimum Gasteiger partial charge on any atom is -0.490 e. The van der Waals surface area contributed by atoms with Crippen molar-refractivity contribution in [2.45, 2.75) is 18.9 Å². The Labute approximate surface area is 86.3 Å². The molecular weight excluding hydrogens is 207 g/mol. The zero-order chi connectivity index (χ0) is 10.1. The van der Waals surface area contributed by atoms with Gasteiger partial charge < -0.3 is 9.84 Å². The first-order valence-electron chi connectivity index (χ1n) is 4.49. The van der Waals surface area contributed by atoms with Crippen LogP contribution in [0.2, 0.25) is 5.02 Å². The first-order valence-corrected chi connectivity index (χ1v) is 4.86. The topological polar surface area (TPSA) is 29.5 Å². The molecule has 0 aromatic heterocycles. The maximum Gasteiger partial charge on any atom is 0.183 e. The second-order valence-corrected chi connectivity index (χ2v) is 3.69. The number of hydrogen-bond acceptors (Lipinski definition) is 2. The van der Waals surface area contributed by atoms with Gasteiger partial charge in [-0.25, -0.2) is 4.39 Å². The largest absolute Gasteiger partial charge is 0.490 e. The van der Waals surface area contributed by atoms with Crippen molar-refractivity contribution in [3.05, 3.63) is 28.5 Å². The molecule has 14 heavy (non-hydrogen) atoms. The van der Waals surface area contributed by atoms with Crippen LogP contribution in [-0.2, 0) is 0 Å². The summed E-state index contributed by atoms with van der Waals surface area (Å²) in [5.41, 5.74) is 0.490. The third-order valence-corrected chi connectivity index (χ3v) is 2.60. The van der Waals surface area contributed by atoms with Crippen molar-refractivity contribution in [1.82, 2.24) is 0 Å². The van der Waals surface area contributed by atoms with Gasteiger partial charge in [-0.3, -0.25) is 0 Å². The van der Waals surface area contributed by atoms with Crippen LogP contribution in [0.3, 0.4) is 0 Å². The number of benzene rings is 1. The summed E-state index contributed by atoms with van der Waals surface area (Å²) in [5, 5.41) is 9.69. The molecule has 0 saturated carbocycles. The summed E-state index contributed by atoms with van der Waals surface area (Å²) in [7, 11) is 0. The molecule has 1 heterocycles. The van der Waals surface area contributed by atoms with Crippen molar-refractivity contribution >= 4 is 11.6 Å². The van der Waals surface area contributed by atoms with Crippen LogP contribution in [0.1, 0.15) is 24.5 Å². The van der Waals surface area contributed by atoms with E-state index in [1.165, 1.54) is 6.07 Å². The lowest BCUT2D eigenvalue weighted by Crippen LogP contribution is -1.99. The monoisotopic (exact) mass is 216 g/mol. The molecule has 1 aromatic rings. The summed E-state index contributed by atoms with van der Waals surface area (Å²) >= 11 is 5.61. The van der Waals surface area contributed by atoms with Crippen LogP contribution in [0.15, 0.2) is 12.1 Å². The highest BCUT2D eigenvalue weighted by molar-refractivity contribution is 6.30. The van der Waals surface area contributed by atoms with Gasteiger partial charge in [0.15, 0.2) is 11.6 Å². The smallest absolute Gasteiger partial charge is 0.183 e. The van der Waals surface area contributed by atoms with E-state index in [2.05, 4.69) is 0 Å². The minimum absolute atomic E-state index is 0.0258. The molecular formula is C10H10ClFO2. The normalized spacial score (nSPS) is 20.9. The number of rotatable bonds is 0. The molecule has 76 valence electrons. The molecule has 0 spiro atoms. The standard InChI is InChI=1S/C10H10ClFO2/c11-7-4-3-6-8(13)2-1-5-14-10(6)9(7)12/h3-4,8,13H,1-2,5H2/t8-/m0/s1. The van der Waals surface area contributed by atoms with Gasteiger partial charge in [-0.2, -0.15) is 0 Å². The molecule has 1 aromatic carbocycles. The van der Waals surface area contributed by atoms with Gasteiger partial charge in [-0.05, 0) is 18.9 Å². The van der Waals surface area contributed by atoms with E-state index >= 15 is 0 Å².